The van der Waals surface area contributed by atoms with Crippen LogP contribution >= 0.6 is 0 Å². The zero-order valence-corrected chi connectivity index (χ0v) is 10.6. The molecular formula is C14H18N2O. The molecule has 0 spiro atoms. The van der Waals surface area contributed by atoms with Crippen LogP contribution in [0.4, 0.5) is 0 Å². The number of benzene rings is 1. The highest BCUT2D eigenvalue weighted by atomic mass is 16.4. The Bertz CT molecular complexity index is 503. The Labute approximate surface area is 102 Å². The molecule has 0 saturated heterocycles. The Balaban J connectivity index is 1.92. The molecule has 1 heterocycles. The van der Waals surface area contributed by atoms with Gasteiger partial charge in [0.1, 0.15) is 5.76 Å². The van der Waals surface area contributed by atoms with Crippen molar-refractivity contribution in [3.8, 4) is 0 Å². The SMILES string of the molecule is Cc1cnc(CNCc2cccc(C)c2C)o1. The molecular weight excluding hydrogens is 212 g/mol. The second kappa shape index (κ2) is 5.15. The molecule has 0 amide bonds. The second-order valence-electron chi connectivity index (χ2n) is 4.33. The molecule has 1 aromatic carbocycles. The standard InChI is InChI=1S/C14H18N2O/c1-10-5-4-6-13(12(10)3)8-15-9-14-16-7-11(2)17-14/h4-7,15H,8-9H2,1-3H3. The number of oxazole rings is 1. The number of rotatable bonds is 4. The lowest BCUT2D eigenvalue weighted by Gasteiger charge is -2.08. The Morgan fingerprint density at radius 3 is 2.71 bits per heavy atom. The summed E-state index contributed by atoms with van der Waals surface area (Å²) in [6.07, 6.45) is 1.74. The first-order valence-electron chi connectivity index (χ1n) is 5.84. The molecule has 0 aliphatic heterocycles. The lowest BCUT2D eigenvalue weighted by atomic mass is 10.0. The van der Waals surface area contributed by atoms with Crippen molar-refractivity contribution in [2.75, 3.05) is 0 Å². The van der Waals surface area contributed by atoms with Gasteiger partial charge in [-0.3, -0.25) is 0 Å². The van der Waals surface area contributed by atoms with Crippen LogP contribution < -0.4 is 5.32 Å². The van der Waals surface area contributed by atoms with Gasteiger partial charge in [-0.1, -0.05) is 18.2 Å². The van der Waals surface area contributed by atoms with E-state index in [2.05, 4.69) is 42.3 Å². The maximum atomic E-state index is 5.40. The van der Waals surface area contributed by atoms with Gasteiger partial charge in [0, 0.05) is 6.54 Å². The molecule has 90 valence electrons. The molecule has 0 aliphatic rings. The summed E-state index contributed by atoms with van der Waals surface area (Å²) in [6.45, 7) is 7.70. The number of hydrogen-bond donors (Lipinski definition) is 1. The average Bonchev–Trinajstić information content (AvgIpc) is 2.70. The van der Waals surface area contributed by atoms with Crippen LogP contribution in [0.15, 0.2) is 28.8 Å². The highest BCUT2D eigenvalue weighted by molar-refractivity contribution is 5.32. The molecule has 1 aromatic heterocycles. The molecule has 3 heteroatoms. The summed E-state index contributed by atoms with van der Waals surface area (Å²) >= 11 is 0. The number of hydrogen-bond acceptors (Lipinski definition) is 3. The summed E-state index contributed by atoms with van der Waals surface area (Å²) in [5, 5.41) is 3.34. The number of nitrogens with zero attached hydrogens (tertiary/aromatic N) is 1. The molecule has 0 saturated carbocycles. The van der Waals surface area contributed by atoms with E-state index in [0.29, 0.717) is 6.54 Å². The van der Waals surface area contributed by atoms with E-state index in [1.165, 1.54) is 16.7 Å². The Kier molecular flexibility index (Phi) is 3.59. The lowest BCUT2D eigenvalue weighted by Crippen LogP contribution is -2.13. The van der Waals surface area contributed by atoms with Gasteiger partial charge in [-0.15, -0.1) is 0 Å². The van der Waals surface area contributed by atoms with Crippen LogP contribution in [0, 0.1) is 20.8 Å². The molecule has 0 radical (unpaired) electrons. The molecule has 2 aromatic rings. The van der Waals surface area contributed by atoms with Crippen LogP contribution in [0.1, 0.15) is 28.3 Å². The van der Waals surface area contributed by atoms with Crippen LogP contribution in [0.2, 0.25) is 0 Å². The van der Waals surface area contributed by atoms with Crippen molar-refractivity contribution in [3.63, 3.8) is 0 Å². The Morgan fingerprint density at radius 2 is 2.00 bits per heavy atom. The normalized spacial score (nSPS) is 10.8. The quantitative estimate of drug-likeness (QED) is 0.877. The molecule has 2 rings (SSSR count). The van der Waals surface area contributed by atoms with Gasteiger partial charge in [0.15, 0.2) is 0 Å². The van der Waals surface area contributed by atoms with Crippen molar-refractivity contribution in [1.82, 2.24) is 10.3 Å². The van der Waals surface area contributed by atoms with Crippen LogP contribution in [0.3, 0.4) is 0 Å². The van der Waals surface area contributed by atoms with Crippen molar-refractivity contribution < 1.29 is 4.42 Å². The summed E-state index contributed by atoms with van der Waals surface area (Å²) in [7, 11) is 0. The Hall–Kier alpha value is -1.61. The van der Waals surface area contributed by atoms with Crippen LogP contribution in [-0.4, -0.2) is 4.98 Å². The molecule has 0 fully saturated rings. The summed E-state index contributed by atoms with van der Waals surface area (Å²) < 4.78 is 5.40. The van der Waals surface area contributed by atoms with Gasteiger partial charge in [-0.25, -0.2) is 4.98 Å². The first-order valence-corrected chi connectivity index (χ1v) is 5.84. The predicted octanol–water partition coefficient (Wildman–Crippen LogP) is 2.89. The van der Waals surface area contributed by atoms with Crippen molar-refractivity contribution >= 4 is 0 Å². The molecule has 0 aliphatic carbocycles. The fourth-order valence-electron chi connectivity index (χ4n) is 1.79. The fourth-order valence-corrected chi connectivity index (χ4v) is 1.79. The van der Waals surface area contributed by atoms with E-state index in [9.17, 15) is 0 Å². The van der Waals surface area contributed by atoms with Crippen molar-refractivity contribution in [1.29, 1.82) is 0 Å². The first-order chi connectivity index (χ1) is 8.16. The van der Waals surface area contributed by atoms with E-state index < -0.39 is 0 Å². The van der Waals surface area contributed by atoms with E-state index in [4.69, 9.17) is 4.42 Å². The average molecular weight is 230 g/mol. The maximum Gasteiger partial charge on any atom is 0.208 e. The second-order valence-corrected chi connectivity index (χ2v) is 4.33. The van der Waals surface area contributed by atoms with E-state index >= 15 is 0 Å². The molecule has 0 atom stereocenters. The summed E-state index contributed by atoms with van der Waals surface area (Å²) in [5.41, 5.74) is 4.01. The van der Waals surface area contributed by atoms with Gasteiger partial charge >= 0.3 is 0 Å². The molecule has 0 bridgehead atoms. The summed E-state index contributed by atoms with van der Waals surface area (Å²) in [5.74, 6) is 1.60. The van der Waals surface area contributed by atoms with Crippen molar-refractivity contribution in [3.05, 3.63) is 52.7 Å². The largest absolute Gasteiger partial charge is 0.445 e. The zero-order valence-electron chi connectivity index (χ0n) is 10.6. The highest BCUT2D eigenvalue weighted by Gasteiger charge is 2.02. The zero-order chi connectivity index (χ0) is 12.3. The van der Waals surface area contributed by atoms with Gasteiger partial charge < -0.3 is 9.73 Å². The number of aromatic nitrogens is 1. The minimum Gasteiger partial charge on any atom is -0.445 e. The lowest BCUT2D eigenvalue weighted by molar-refractivity contribution is 0.449. The number of aryl methyl sites for hydroxylation is 2. The highest BCUT2D eigenvalue weighted by Crippen LogP contribution is 2.12. The van der Waals surface area contributed by atoms with E-state index in [1.807, 2.05) is 6.92 Å². The van der Waals surface area contributed by atoms with Gasteiger partial charge in [-0.05, 0) is 37.5 Å². The van der Waals surface area contributed by atoms with Gasteiger partial charge in [-0.2, -0.15) is 0 Å². The third-order valence-corrected chi connectivity index (χ3v) is 2.98. The van der Waals surface area contributed by atoms with E-state index in [0.717, 1.165) is 18.2 Å². The molecule has 1 N–H and O–H groups in total. The topological polar surface area (TPSA) is 38.1 Å². The van der Waals surface area contributed by atoms with Crippen LogP contribution in [0.5, 0.6) is 0 Å². The fraction of sp³-hybridized carbons (Fsp3) is 0.357. The van der Waals surface area contributed by atoms with Crippen molar-refractivity contribution in [2.45, 2.75) is 33.9 Å². The van der Waals surface area contributed by atoms with Crippen LogP contribution in [-0.2, 0) is 13.1 Å². The predicted molar refractivity (Wildman–Crippen MR) is 67.7 cm³/mol. The molecule has 0 unspecified atom stereocenters. The molecule has 3 nitrogen and oxygen atoms in total. The summed E-state index contributed by atoms with van der Waals surface area (Å²) in [6, 6.07) is 6.38. The first kappa shape index (κ1) is 11.9. The number of nitrogens with one attached hydrogen (secondary N) is 1. The van der Waals surface area contributed by atoms with Gasteiger partial charge in [0.2, 0.25) is 5.89 Å². The molecule has 17 heavy (non-hydrogen) atoms. The van der Waals surface area contributed by atoms with Crippen molar-refractivity contribution in [2.24, 2.45) is 0 Å². The Morgan fingerprint density at radius 1 is 1.18 bits per heavy atom. The summed E-state index contributed by atoms with van der Waals surface area (Å²) in [4.78, 5) is 4.16. The van der Waals surface area contributed by atoms with Gasteiger partial charge in [0.05, 0.1) is 12.7 Å². The smallest absolute Gasteiger partial charge is 0.208 e. The minimum atomic E-state index is 0.668. The maximum absolute atomic E-state index is 5.40. The third kappa shape index (κ3) is 2.94. The monoisotopic (exact) mass is 230 g/mol. The third-order valence-electron chi connectivity index (χ3n) is 2.98. The van der Waals surface area contributed by atoms with E-state index in [-0.39, 0.29) is 0 Å². The van der Waals surface area contributed by atoms with Crippen LogP contribution in [0.25, 0.3) is 0 Å². The van der Waals surface area contributed by atoms with Gasteiger partial charge in [0.25, 0.3) is 0 Å². The minimum absolute atomic E-state index is 0.668. The van der Waals surface area contributed by atoms with E-state index in [1.54, 1.807) is 6.20 Å².